The molecule has 0 aliphatic rings. The lowest BCUT2D eigenvalue weighted by Crippen LogP contribution is -2.01. The van der Waals surface area contributed by atoms with Crippen molar-refractivity contribution in [1.82, 2.24) is 9.55 Å². The van der Waals surface area contributed by atoms with Gasteiger partial charge in [-0.25, -0.2) is 4.98 Å². The Kier molecular flexibility index (Phi) is 2.00. The van der Waals surface area contributed by atoms with Crippen LogP contribution in [-0.4, -0.2) is 15.3 Å². The Bertz CT molecular complexity index is 184. The molecule has 4 heteroatoms. The van der Waals surface area contributed by atoms with Crippen molar-refractivity contribution < 1.29 is 0 Å². The first kappa shape index (κ1) is 6.48. The zero-order valence-electron chi connectivity index (χ0n) is 4.99. The van der Waals surface area contributed by atoms with Crippen LogP contribution in [0.4, 0.5) is 5.82 Å². The summed E-state index contributed by atoms with van der Waals surface area (Å²) in [4.78, 5) is 3.84. The quantitative estimate of drug-likeness (QED) is 0.588. The van der Waals surface area contributed by atoms with E-state index in [1.54, 1.807) is 12.5 Å². The molecule has 0 spiro atoms. The molecule has 0 saturated heterocycles. The second-order valence-corrected chi connectivity index (χ2v) is 2.18. The summed E-state index contributed by atoms with van der Waals surface area (Å²) in [5, 5.41) is 0. The van der Waals surface area contributed by atoms with Gasteiger partial charge in [-0.3, -0.25) is 0 Å². The molecule has 0 aromatic carbocycles. The van der Waals surface area contributed by atoms with Crippen LogP contribution < -0.4 is 5.73 Å². The molecule has 50 valence electrons. The van der Waals surface area contributed by atoms with E-state index in [1.807, 2.05) is 4.57 Å². The van der Waals surface area contributed by atoms with Gasteiger partial charge in [0.1, 0.15) is 5.82 Å². The van der Waals surface area contributed by atoms with Gasteiger partial charge in [0.05, 0.1) is 12.5 Å². The Hall–Kier alpha value is -0.640. The summed E-state index contributed by atoms with van der Waals surface area (Å²) in [5.74, 6) is 1.49. The summed E-state index contributed by atoms with van der Waals surface area (Å²) in [7, 11) is 0. The van der Waals surface area contributed by atoms with Crippen LogP contribution in [0.1, 0.15) is 0 Å². The zero-order valence-corrected chi connectivity index (χ0v) is 5.88. The first-order valence-corrected chi connectivity index (χ1v) is 3.34. The molecule has 0 aliphatic heterocycles. The molecule has 2 N–H and O–H groups in total. The second-order valence-electron chi connectivity index (χ2n) is 1.74. The average molecular weight is 143 g/mol. The predicted molar refractivity (Wildman–Crippen MR) is 40.5 cm³/mol. The first-order valence-electron chi connectivity index (χ1n) is 2.71. The van der Waals surface area contributed by atoms with Crippen molar-refractivity contribution >= 4 is 18.4 Å². The lowest BCUT2D eigenvalue weighted by molar-refractivity contribution is 0.782. The molecular formula is C5H9N3S. The van der Waals surface area contributed by atoms with Crippen molar-refractivity contribution in [3.05, 3.63) is 12.5 Å². The minimum atomic E-state index is 0.698. The highest BCUT2D eigenvalue weighted by Gasteiger charge is 1.92. The van der Waals surface area contributed by atoms with Gasteiger partial charge in [-0.15, -0.1) is 0 Å². The van der Waals surface area contributed by atoms with Crippen LogP contribution in [0.25, 0.3) is 0 Å². The minimum absolute atomic E-state index is 0.698. The number of nitrogens with two attached hydrogens (primary N) is 1. The maximum Gasteiger partial charge on any atom is 0.123 e. The molecular weight excluding hydrogens is 134 g/mol. The van der Waals surface area contributed by atoms with E-state index >= 15 is 0 Å². The Morgan fingerprint density at radius 2 is 2.56 bits per heavy atom. The highest BCUT2D eigenvalue weighted by molar-refractivity contribution is 7.80. The van der Waals surface area contributed by atoms with Gasteiger partial charge >= 0.3 is 0 Å². The van der Waals surface area contributed by atoms with E-state index < -0.39 is 0 Å². The SMILES string of the molecule is Nc1cncn1CCS. The normalized spacial score (nSPS) is 9.89. The fourth-order valence-electron chi connectivity index (χ4n) is 0.626. The monoisotopic (exact) mass is 143 g/mol. The van der Waals surface area contributed by atoms with E-state index in [0.29, 0.717) is 5.82 Å². The van der Waals surface area contributed by atoms with Crippen molar-refractivity contribution in [2.45, 2.75) is 6.54 Å². The Balaban J connectivity index is 2.69. The molecule has 1 aromatic heterocycles. The Labute approximate surface area is 59.3 Å². The third-order valence-corrected chi connectivity index (χ3v) is 1.29. The number of hydrogen-bond acceptors (Lipinski definition) is 3. The van der Waals surface area contributed by atoms with Gasteiger partial charge < -0.3 is 10.3 Å². The molecule has 0 bridgehead atoms. The van der Waals surface area contributed by atoms with E-state index in [2.05, 4.69) is 17.6 Å². The summed E-state index contributed by atoms with van der Waals surface area (Å²) in [6, 6.07) is 0. The van der Waals surface area contributed by atoms with Crippen molar-refractivity contribution in [3.8, 4) is 0 Å². The van der Waals surface area contributed by atoms with Gasteiger partial charge in [-0.1, -0.05) is 0 Å². The summed E-state index contributed by atoms with van der Waals surface area (Å²) < 4.78 is 1.85. The smallest absolute Gasteiger partial charge is 0.123 e. The highest BCUT2D eigenvalue weighted by atomic mass is 32.1. The largest absolute Gasteiger partial charge is 0.384 e. The summed E-state index contributed by atoms with van der Waals surface area (Å²) >= 11 is 4.05. The van der Waals surface area contributed by atoms with Crippen molar-refractivity contribution in [2.24, 2.45) is 0 Å². The maximum atomic E-state index is 5.49. The van der Waals surface area contributed by atoms with Crippen LogP contribution in [-0.2, 0) is 6.54 Å². The lowest BCUT2D eigenvalue weighted by Gasteiger charge is -1.98. The highest BCUT2D eigenvalue weighted by Crippen LogP contribution is 1.99. The number of hydrogen-bond donors (Lipinski definition) is 2. The molecule has 0 aliphatic carbocycles. The van der Waals surface area contributed by atoms with E-state index in [1.165, 1.54) is 0 Å². The number of imidazole rings is 1. The van der Waals surface area contributed by atoms with Gasteiger partial charge in [-0.05, 0) is 0 Å². The molecule has 0 unspecified atom stereocenters. The summed E-state index contributed by atoms with van der Waals surface area (Å²) in [6.45, 7) is 0.828. The van der Waals surface area contributed by atoms with Gasteiger partial charge in [0.2, 0.25) is 0 Å². The number of aromatic nitrogens is 2. The number of aryl methyl sites for hydroxylation is 1. The summed E-state index contributed by atoms with van der Waals surface area (Å²) in [6.07, 6.45) is 3.33. The lowest BCUT2D eigenvalue weighted by atomic mass is 10.7. The molecule has 0 saturated carbocycles. The Morgan fingerprint density at radius 1 is 1.78 bits per heavy atom. The molecule has 0 radical (unpaired) electrons. The third kappa shape index (κ3) is 1.38. The van der Waals surface area contributed by atoms with Gasteiger partial charge in [0.15, 0.2) is 0 Å². The average Bonchev–Trinajstić information content (AvgIpc) is 2.18. The number of thiol groups is 1. The van der Waals surface area contributed by atoms with Crippen molar-refractivity contribution in [2.75, 3.05) is 11.5 Å². The van der Waals surface area contributed by atoms with E-state index in [-0.39, 0.29) is 0 Å². The van der Waals surface area contributed by atoms with E-state index in [9.17, 15) is 0 Å². The predicted octanol–water partition coefficient (Wildman–Crippen LogP) is 0.395. The molecule has 3 nitrogen and oxygen atoms in total. The molecule has 1 heterocycles. The number of nitrogens with zero attached hydrogens (tertiary/aromatic N) is 2. The van der Waals surface area contributed by atoms with Crippen LogP contribution in [0.5, 0.6) is 0 Å². The van der Waals surface area contributed by atoms with E-state index in [0.717, 1.165) is 12.3 Å². The number of anilines is 1. The number of nitrogen functional groups attached to an aromatic ring is 1. The third-order valence-electron chi connectivity index (χ3n) is 1.09. The second kappa shape index (κ2) is 2.77. The fourth-order valence-corrected chi connectivity index (χ4v) is 0.841. The van der Waals surface area contributed by atoms with Crippen LogP contribution >= 0.6 is 12.6 Å². The van der Waals surface area contributed by atoms with Crippen molar-refractivity contribution in [3.63, 3.8) is 0 Å². The zero-order chi connectivity index (χ0) is 6.69. The van der Waals surface area contributed by atoms with Crippen LogP contribution in [0.15, 0.2) is 12.5 Å². The van der Waals surface area contributed by atoms with Gasteiger partial charge in [0, 0.05) is 12.3 Å². The fraction of sp³-hybridized carbons (Fsp3) is 0.400. The number of rotatable bonds is 2. The molecule has 0 fully saturated rings. The molecule has 0 atom stereocenters. The standard InChI is InChI=1S/C5H9N3S/c6-5-3-7-4-8(5)1-2-9/h3-4,9H,1-2,6H2. The van der Waals surface area contributed by atoms with Crippen molar-refractivity contribution in [1.29, 1.82) is 0 Å². The Morgan fingerprint density at radius 3 is 3.00 bits per heavy atom. The topological polar surface area (TPSA) is 43.8 Å². The molecule has 9 heavy (non-hydrogen) atoms. The van der Waals surface area contributed by atoms with Crippen LogP contribution in [0.2, 0.25) is 0 Å². The molecule has 1 aromatic rings. The summed E-state index contributed by atoms with van der Waals surface area (Å²) in [5.41, 5.74) is 5.49. The van der Waals surface area contributed by atoms with Crippen LogP contribution in [0.3, 0.4) is 0 Å². The van der Waals surface area contributed by atoms with Gasteiger partial charge in [0.25, 0.3) is 0 Å². The molecule has 1 rings (SSSR count). The maximum absolute atomic E-state index is 5.49. The molecule has 0 amide bonds. The van der Waals surface area contributed by atoms with E-state index in [4.69, 9.17) is 5.73 Å². The van der Waals surface area contributed by atoms with Crippen LogP contribution in [0, 0.1) is 0 Å². The van der Waals surface area contributed by atoms with Gasteiger partial charge in [-0.2, -0.15) is 12.6 Å². The minimum Gasteiger partial charge on any atom is -0.384 e. The first-order chi connectivity index (χ1) is 4.34.